The maximum absolute atomic E-state index is 15.8. The van der Waals surface area contributed by atoms with Crippen molar-refractivity contribution in [3.8, 4) is 22.3 Å². The standard InChI is InChI=1S/C32H32F2N6O3/c1-5-43-32(42)21-14-39(4)31-19(30(21)41)8-17(11-37-31)20-12-36-24-9-18-23(35-2)10-22(33)28(34)26(18)27(24)29(20)40-7-6-16-13-38(3)15-25(16)40/h8,10-12,14,16,25,35H,5-7,9,13,15H2,1-4H3/t16-,25?/m0/s1. The molecule has 43 heavy (non-hydrogen) atoms. The number of carbonyl (C=O) groups is 1. The molecule has 0 radical (unpaired) electrons. The Kier molecular flexibility index (Phi) is 6.46. The van der Waals surface area contributed by atoms with Crippen LogP contribution in [0.2, 0.25) is 0 Å². The van der Waals surface area contributed by atoms with E-state index in [1.165, 1.54) is 12.3 Å². The fourth-order valence-corrected chi connectivity index (χ4v) is 7.26. The zero-order valence-corrected chi connectivity index (χ0v) is 24.5. The number of aryl methyl sites for hydroxylation is 1. The van der Waals surface area contributed by atoms with Crippen molar-refractivity contribution in [3.05, 3.63) is 69.4 Å². The van der Waals surface area contributed by atoms with Crippen LogP contribution in [0.4, 0.5) is 20.2 Å². The third kappa shape index (κ3) is 4.12. The summed E-state index contributed by atoms with van der Waals surface area (Å²) in [4.78, 5) is 40.1. The van der Waals surface area contributed by atoms with E-state index in [0.717, 1.165) is 31.7 Å². The van der Waals surface area contributed by atoms with E-state index in [2.05, 4.69) is 27.1 Å². The van der Waals surface area contributed by atoms with Crippen LogP contribution in [0, 0.1) is 17.6 Å². The molecule has 0 saturated carbocycles. The van der Waals surface area contributed by atoms with Gasteiger partial charge in [-0.15, -0.1) is 0 Å². The number of hydrogen-bond acceptors (Lipinski definition) is 8. The van der Waals surface area contributed by atoms with E-state index in [-0.39, 0.29) is 29.2 Å². The van der Waals surface area contributed by atoms with Gasteiger partial charge in [-0.05, 0) is 37.9 Å². The molecule has 7 rings (SSSR count). The Bertz CT molecular complexity index is 1890. The molecule has 2 fully saturated rings. The van der Waals surface area contributed by atoms with E-state index in [4.69, 9.17) is 9.72 Å². The third-order valence-corrected chi connectivity index (χ3v) is 9.16. The predicted octanol–water partition coefficient (Wildman–Crippen LogP) is 4.20. The van der Waals surface area contributed by atoms with E-state index in [9.17, 15) is 14.0 Å². The van der Waals surface area contributed by atoms with E-state index < -0.39 is 23.0 Å². The van der Waals surface area contributed by atoms with Gasteiger partial charge >= 0.3 is 5.97 Å². The van der Waals surface area contributed by atoms with Gasteiger partial charge in [-0.25, -0.2) is 18.6 Å². The van der Waals surface area contributed by atoms with Crippen molar-refractivity contribution in [2.45, 2.75) is 25.8 Å². The number of aromatic nitrogens is 3. The van der Waals surface area contributed by atoms with Crippen molar-refractivity contribution < 1.29 is 18.3 Å². The van der Waals surface area contributed by atoms with Gasteiger partial charge in [0.05, 0.1) is 23.4 Å². The minimum absolute atomic E-state index is 0.0782. The summed E-state index contributed by atoms with van der Waals surface area (Å²) in [6, 6.07) is 3.10. The summed E-state index contributed by atoms with van der Waals surface area (Å²) < 4.78 is 37.5. The second-order valence-corrected chi connectivity index (χ2v) is 11.7. The Balaban J connectivity index is 1.49. The molecule has 1 aliphatic carbocycles. The summed E-state index contributed by atoms with van der Waals surface area (Å²) in [6.45, 7) is 4.40. The van der Waals surface area contributed by atoms with Crippen LogP contribution in [0.25, 0.3) is 33.3 Å². The number of nitrogens with one attached hydrogen (secondary N) is 1. The first-order chi connectivity index (χ1) is 20.7. The molecule has 2 atom stereocenters. The number of ether oxygens (including phenoxy) is 1. The first-order valence-corrected chi connectivity index (χ1v) is 14.5. The van der Waals surface area contributed by atoms with Crippen LogP contribution >= 0.6 is 0 Å². The molecule has 0 bridgehead atoms. The van der Waals surface area contributed by atoms with Gasteiger partial charge in [0.2, 0.25) is 5.43 Å². The van der Waals surface area contributed by atoms with Gasteiger partial charge in [-0.1, -0.05) is 0 Å². The molecule has 1 unspecified atom stereocenters. The Morgan fingerprint density at radius 2 is 1.95 bits per heavy atom. The highest BCUT2D eigenvalue weighted by Crippen LogP contribution is 2.52. The minimum Gasteiger partial charge on any atom is -0.462 e. The molecule has 9 nitrogen and oxygen atoms in total. The zero-order valence-electron chi connectivity index (χ0n) is 24.5. The van der Waals surface area contributed by atoms with Gasteiger partial charge in [0.15, 0.2) is 11.6 Å². The Morgan fingerprint density at radius 1 is 1.14 bits per heavy atom. The van der Waals surface area contributed by atoms with Crippen molar-refractivity contribution in [3.63, 3.8) is 0 Å². The number of hydrogen-bond donors (Lipinski definition) is 1. The summed E-state index contributed by atoms with van der Waals surface area (Å²) in [5.41, 5.74) is 4.60. The number of nitrogens with zero attached hydrogens (tertiary/aromatic N) is 5. The highest BCUT2D eigenvalue weighted by atomic mass is 19.2. The smallest absolute Gasteiger partial charge is 0.343 e. The average Bonchev–Trinajstić information content (AvgIpc) is 3.68. The number of pyridine rings is 3. The quantitative estimate of drug-likeness (QED) is 0.307. The van der Waals surface area contributed by atoms with Crippen LogP contribution < -0.4 is 15.6 Å². The summed E-state index contributed by atoms with van der Waals surface area (Å²) in [6.07, 6.45) is 6.20. The number of esters is 1. The molecule has 0 amide bonds. The molecular weight excluding hydrogens is 554 g/mol. The number of likely N-dealkylation sites (N-methyl/N-ethyl adjacent to an activating group) is 1. The lowest BCUT2D eigenvalue weighted by Crippen LogP contribution is -2.35. The van der Waals surface area contributed by atoms with Crippen LogP contribution in [-0.4, -0.2) is 71.8 Å². The molecule has 1 N–H and O–H groups in total. The molecule has 1 aromatic carbocycles. The molecule has 5 heterocycles. The molecule has 2 saturated heterocycles. The lowest BCUT2D eigenvalue weighted by atomic mass is 9.96. The number of rotatable bonds is 5. The van der Waals surface area contributed by atoms with E-state index in [0.29, 0.717) is 51.6 Å². The molecule has 4 aromatic rings. The monoisotopic (exact) mass is 586 g/mol. The molecular formula is C32H32F2N6O3. The molecule has 2 aliphatic heterocycles. The largest absolute Gasteiger partial charge is 0.462 e. The second-order valence-electron chi connectivity index (χ2n) is 11.7. The maximum Gasteiger partial charge on any atom is 0.343 e. The SMILES string of the molecule is CCOC(=O)c1cn(C)c2ncc(-c3cnc4c(c3N3CC[C@H]5CN(C)CC53)-c3c(F)c(F)cc(NC)c3C4)cc2c1=O. The summed E-state index contributed by atoms with van der Waals surface area (Å²) in [7, 11) is 5.51. The van der Waals surface area contributed by atoms with Gasteiger partial charge < -0.3 is 24.4 Å². The Labute approximate surface area is 247 Å². The highest BCUT2D eigenvalue weighted by molar-refractivity contribution is 5.99. The third-order valence-electron chi connectivity index (χ3n) is 9.16. The average molecular weight is 587 g/mol. The van der Waals surface area contributed by atoms with Crippen LogP contribution in [0.1, 0.15) is 35.0 Å². The van der Waals surface area contributed by atoms with E-state index in [1.54, 1.807) is 44.0 Å². The topological polar surface area (TPSA) is 92.6 Å². The highest BCUT2D eigenvalue weighted by Gasteiger charge is 2.43. The maximum atomic E-state index is 15.8. The van der Waals surface area contributed by atoms with E-state index in [1.807, 2.05) is 0 Å². The second kappa shape index (κ2) is 10.1. The molecule has 222 valence electrons. The van der Waals surface area contributed by atoms with Crippen LogP contribution in [-0.2, 0) is 18.2 Å². The summed E-state index contributed by atoms with van der Waals surface area (Å²) in [5.74, 6) is -2.06. The number of likely N-dealkylation sites (tertiary alicyclic amines) is 1. The van der Waals surface area contributed by atoms with Crippen molar-refractivity contribution >= 4 is 28.4 Å². The van der Waals surface area contributed by atoms with Gasteiger partial charge in [0.25, 0.3) is 0 Å². The molecule has 3 aromatic heterocycles. The lowest BCUT2D eigenvalue weighted by Gasteiger charge is -2.31. The first kappa shape index (κ1) is 27.5. The fourth-order valence-electron chi connectivity index (χ4n) is 7.26. The normalized spacial score (nSPS) is 19.1. The van der Waals surface area contributed by atoms with Crippen LogP contribution in [0.5, 0.6) is 0 Å². The van der Waals surface area contributed by atoms with Crippen molar-refractivity contribution in [1.29, 1.82) is 0 Å². The Morgan fingerprint density at radius 3 is 2.72 bits per heavy atom. The van der Waals surface area contributed by atoms with Gasteiger partial charge in [0, 0.05) is 98.8 Å². The number of fused-ring (bicyclic) bond motifs is 5. The Hall–Kier alpha value is -4.38. The van der Waals surface area contributed by atoms with Gasteiger partial charge in [0.1, 0.15) is 11.2 Å². The number of anilines is 2. The number of carbonyl (C=O) groups excluding carboxylic acids is 1. The molecule has 11 heteroatoms. The van der Waals surface area contributed by atoms with Gasteiger partial charge in [-0.3, -0.25) is 9.78 Å². The van der Waals surface area contributed by atoms with Crippen LogP contribution in [0.15, 0.2) is 35.5 Å². The summed E-state index contributed by atoms with van der Waals surface area (Å²) in [5, 5.41) is 3.28. The fraction of sp³-hybridized carbons (Fsp3) is 0.375. The van der Waals surface area contributed by atoms with Crippen LogP contribution in [0.3, 0.4) is 0 Å². The summed E-state index contributed by atoms with van der Waals surface area (Å²) >= 11 is 0. The van der Waals surface area contributed by atoms with Crippen molar-refractivity contribution in [1.82, 2.24) is 19.4 Å². The zero-order chi connectivity index (χ0) is 30.2. The number of halogens is 2. The first-order valence-electron chi connectivity index (χ1n) is 14.5. The lowest BCUT2D eigenvalue weighted by molar-refractivity contribution is 0.0524. The minimum atomic E-state index is -0.922. The van der Waals surface area contributed by atoms with E-state index >= 15 is 4.39 Å². The van der Waals surface area contributed by atoms with Crippen molar-refractivity contribution in [2.75, 3.05) is 50.6 Å². The molecule has 3 aliphatic rings. The predicted molar refractivity (Wildman–Crippen MR) is 161 cm³/mol. The van der Waals surface area contributed by atoms with Gasteiger partial charge in [-0.2, -0.15) is 0 Å². The molecule has 0 spiro atoms. The number of benzene rings is 1. The van der Waals surface area contributed by atoms with Crippen molar-refractivity contribution in [2.24, 2.45) is 13.0 Å².